The van der Waals surface area contributed by atoms with Gasteiger partial charge in [0, 0.05) is 17.6 Å². The van der Waals surface area contributed by atoms with Gasteiger partial charge < -0.3 is 24.4 Å². The van der Waals surface area contributed by atoms with E-state index in [-0.39, 0.29) is 5.91 Å². The highest BCUT2D eigenvalue weighted by Gasteiger charge is 2.41. The van der Waals surface area contributed by atoms with E-state index in [0.717, 1.165) is 12.0 Å². The molecule has 1 aliphatic rings. The molecule has 2 aromatic carbocycles. The fourth-order valence-electron chi connectivity index (χ4n) is 4.97. The van der Waals surface area contributed by atoms with Crippen molar-refractivity contribution in [1.82, 2.24) is 4.90 Å². The van der Waals surface area contributed by atoms with Crippen molar-refractivity contribution in [2.24, 2.45) is 5.41 Å². The number of rotatable bonds is 15. The van der Waals surface area contributed by atoms with Crippen molar-refractivity contribution in [2.45, 2.75) is 71.4 Å². The first kappa shape index (κ1) is 35.3. The fraction of sp³-hybridized carbons (Fsp3) is 0.515. The Morgan fingerprint density at radius 2 is 1.80 bits per heavy atom. The molecule has 2 atom stereocenters. The van der Waals surface area contributed by atoms with E-state index in [0.29, 0.717) is 67.2 Å². The number of nitrogens with one attached hydrogen (secondary N) is 1. The highest BCUT2D eigenvalue weighted by atomic mass is 33.1. The lowest BCUT2D eigenvalue weighted by atomic mass is 9.84. The molecule has 44 heavy (non-hydrogen) atoms. The number of anilines is 1. The Morgan fingerprint density at radius 3 is 2.48 bits per heavy atom. The van der Waals surface area contributed by atoms with Crippen LogP contribution in [0.2, 0.25) is 0 Å². The Hall–Kier alpha value is -3.18. The number of aryl methyl sites for hydroxylation is 1. The van der Waals surface area contributed by atoms with Crippen LogP contribution in [0.4, 0.5) is 5.69 Å². The Kier molecular flexibility index (Phi) is 13.5. The van der Waals surface area contributed by atoms with Crippen molar-refractivity contribution in [1.29, 1.82) is 0 Å². The SMILES string of the molecule is CCC(C)(C)C(=O)C(=O)N1CCCC[C@H]1C(=O)O[C@H](CCc1ccc(OC)c(OC)c1)c1cccc(NC(=O)CSSC)c1. The number of piperidine rings is 1. The molecular formula is C33H44N2O7S2. The van der Waals surface area contributed by atoms with Crippen LogP contribution in [0.3, 0.4) is 0 Å². The van der Waals surface area contributed by atoms with Crippen LogP contribution in [0.1, 0.15) is 70.1 Å². The normalized spacial score (nSPS) is 15.7. The fourth-order valence-corrected chi connectivity index (χ4v) is 5.94. The van der Waals surface area contributed by atoms with E-state index in [1.54, 1.807) is 34.1 Å². The number of benzene rings is 2. The highest BCUT2D eigenvalue weighted by molar-refractivity contribution is 8.76. The predicted octanol–water partition coefficient (Wildman–Crippen LogP) is 6.26. The topological polar surface area (TPSA) is 111 Å². The molecule has 9 nitrogen and oxygen atoms in total. The lowest BCUT2D eigenvalue weighted by Gasteiger charge is -2.36. The van der Waals surface area contributed by atoms with Gasteiger partial charge in [-0.3, -0.25) is 14.4 Å². The minimum atomic E-state index is -0.845. The van der Waals surface area contributed by atoms with Crippen LogP contribution in [-0.2, 0) is 30.3 Å². The van der Waals surface area contributed by atoms with E-state index >= 15 is 0 Å². The third-order valence-electron chi connectivity index (χ3n) is 7.98. The van der Waals surface area contributed by atoms with Crippen molar-refractivity contribution in [3.63, 3.8) is 0 Å². The van der Waals surface area contributed by atoms with Crippen LogP contribution in [0.15, 0.2) is 42.5 Å². The van der Waals surface area contributed by atoms with Gasteiger partial charge in [-0.25, -0.2) is 4.79 Å². The van der Waals surface area contributed by atoms with Gasteiger partial charge in [0.05, 0.1) is 20.0 Å². The summed E-state index contributed by atoms with van der Waals surface area (Å²) < 4.78 is 17.0. The quantitative estimate of drug-likeness (QED) is 0.137. The van der Waals surface area contributed by atoms with E-state index in [1.165, 1.54) is 26.5 Å². The second-order valence-corrected chi connectivity index (χ2v) is 13.9. The second-order valence-electron chi connectivity index (χ2n) is 11.3. The molecule has 0 radical (unpaired) electrons. The zero-order chi connectivity index (χ0) is 32.3. The molecule has 0 bridgehead atoms. The van der Waals surface area contributed by atoms with Crippen molar-refractivity contribution in [2.75, 3.05) is 38.1 Å². The summed E-state index contributed by atoms with van der Waals surface area (Å²) in [6.07, 6.45) is 4.64. The number of likely N-dealkylation sites (tertiary alicyclic amines) is 1. The third kappa shape index (κ3) is 9.41. The van der Waals surface area contributed by atoms with Gasteiger partial charge in [0.25, 0.3) is 5.91 Å². The number of carbonyl (C=O) groups excluding carboxylic acids is 4. The van der Waals surface area contributed by atoms with E-state index in [1.807, 2.05) is 49.6 Å². The summed E-state index contributed by atoms with van der Waals surface area (Å²) >= 11 is 0. The predicted molar refractivity (Wildman–Crippen MR) is 176 cm³/mol. The number of esters is 1. The molecule has 1 fully saturated rings. The number of methoxy groups -OCH3 is 2. The summed E-state index contributed by atoms with van der Waals surface area (Å²) in [6, 6.07) is 12.1. The Balaban J connectivity index is 1.87. The number of Topliss-reactive ketones (excluding diaryl/α,β-unsaturated/α-hetero) is 1. The number of hydrogen-bond donors (Lipinski definition) is 1. The standard InChI is InChI=1S/C33H44N2O7S2/c1-7-33(2,3)30(37)31(38)35-18-9-8-13-25(35)32(39)42-26(16-14-22-15-17-27(40-4)28(19-22)41-5)23-11-10-12-24(20-23)34-29(36)21-44-43-6/h10-12,15,17,19-20,25-26H,7-9,13-14,16,18,21H2,1-6H3,(H,34,36)/t25-,26+/m0/s1. The van der Waals surface area contributed by atoms with Crippen LogP contribution < -0.4 is 14.8 Å². The van der Waals surface area contributed by atoms with Crippen molar-refractivity contribution >= 4 is 50.8 Å². The first-order valence-corrected chi connectivity index (χ1v) is 17.6. The monoisotopic (exact) mass is 644 g/mol. The first-order chi connectivity index (χ1) is 21.0. The summed E-state index contributed by atoms with van der Waals surface area (Å²) in [7, 11) is 6.12. The summed E-state index contributed by atoms with van der Waals surface area (Å²) in [5, 5.41) is 2.91. The molecule has 0 spiro atoms. The Bertz CT molecular complexity index is 1320. The average molecular weight is 645 g/mol. The maximum Gasteiger partial charge on any atom is 0.329 e. The summed E-state index contributed by atoms with van der Waals surface area (Å²) in [5.74, 6) is -0.268. The molecule has 0 aliphatic carbocycles. The van der Waals surface area contributed by atoms with Gasteiger partial charge in [0.15, 0.2) is 11.5 Å². The molecule has 0 unspecified atom stereocenters. The van der Waals surface area contributed by atoms with E-state index in [4.69, 9.17) is 14.2 Å². The van der Waals surface area contributed by atoms with Crippen LogP contribution in [0.5, 0.6) is 11.5 Å². The zero-order valence-corrected chi connectivity index (χ0v) is 28.1. The molecular weight excluding hydrogens is 601 g/mol. The number of nitrogens with zero attached hydrogens (tertiary/aromatic N) is 1. The van der Waals surface area contributed by atoms with Gasteiger partial charge in [-0.05, 0) is 80.2 Å². The van der Waals surface area contributed by atoms with E-state index in [2.05, 4.69) is 5.32 Å². The largest absolute Gasteiger partial charge is 0.493 e. The molecule has 3 rings (SSSR count). The van der Waals surface area contributed by atoms with Gasteiger partial charge >= 0.3 is 5.97 Å². The summed E-state index contributed by atoms with van der Waals surface area (Å²) in [6.45, 7) is 5.70. The number of amides is 2. The molecule has 1 heterocycles. The lowest BCUT2D eigenvalue weighted by molar-refractivity contribution is -0.164. The maximum absolute atomic E-state index is 13.8. The van der Waals surface area contributed by atoms with Crippen LogP contribution in [-0.4, -0.2) is 67.3 Å². The number of ether oxygens (including phenoxy) is 3. The average Bonchev–Trinajstić information content (AvgIpc) is 3.04. The second kappa shape index (κ2) is 16.8. The Morgan fingerprint density at radius 1 is 1.05 bits per heavy atom. The van der Waals surface area contributed by atoms with Crippen LogP contribution in [0.25, 0.3) is 0 Å². The smallest absolute Gasteiger partial charge is 0.329 e. The lowest BCUT2D eigenvalue weighted by Crippen LogP contribution is -2.53. The van der Waals surface area contributed by atoms with Crippen molar-refractivity contribution in [3.8, 4) is 11.5 Å². The molecule has 0 saturated carbocycles. The number of hydrogen-bond acceptors (Lipinski definition) is 9. The summed E-state index contributed by atoms with van der Waals surface area (Å²) in [5.41, 5.74) is 1.46. The van der Waals surface area contributed by atoms with Crippen LogP contribution in [0, 0.1) is 5.41 Å². The van der Waals surface area contributed by atoms with Crippen LogP contribution >= 0.6 is 21.6 Å². The molecule has 2 amide bonds. The first-order valence-electron chi connectivity index (χ1n) is 14.9. The molecule has 1 saturated heterocycles. The third-order valence-corrected chi connectivity index (χ3v) is 9.66. The van der Waals surface area contributed by atoms with Gasteiger partial charge in [-0.2, -0.15) is 0 Å². The number of carbonyl (C=O) groups is 4. The zero-order valence-electron chi connectivity index (χ0n) is 26.5. The maximum atomic E-state index is 13.8. The summed E-state index contributed by atoms with van der Waals surface area (Å²) in [4.78, 5) is 53.9. The van der Waals surface area contributed by atoms with Gasteiger partial charge in [0.1, 0.15) is 12.1 Å². The minimum Gasteiger partial charge on any atom is -0.493 e. The van der Waals surface area contributed by atoms with Gasteiger partial charge in [-0.15, -0.1) is 0 Å². The molecule has 0 aromatic heterocycles. The molecule has 1 N–H and O–H groups in total. The Labute approximate surface area is 268 Å². The van der Waals surface area contributed by atoms with E-state index < -0.39 is 35.2 Å². The van der Waals surface area contributed by atoms with Gasteiger partial charge in [-0.1, -0.05) is 60.6 Å². The highest BCUT2D eigenvalue weighted by Crippen LogP contribution is 2.32. The minimum absolute atomic E-state index is 0.128. The molecule has 2 aromatic rings. The van der Waals surface area contributed by atoms with Crippen molar-refractivity contribution in [3.05, 3.63) is 53.6 Å². The van der Waals surface area contributed by atoms with Crippen molar-refractivity contribution < 1.29 is 33.4 Å². The molecule has 11 heteroatoms. The van der Waals surface area contributed by atoms with Gasteiger partial charge in [0.2, 0.25) is 11.7 Å². The van der Waals surface area contributed by atoms with E-state index in [9.17, 15) is 19.2 Å². The molecule has 1 aliphatic heterocycles. The number of ketones is 1. The molecule has 240 valence electrons.